The maximum atomic E-state index is 12.9. The van der Waals surface area contributed by atoms with Crippen molar-refractivity contribution in [2.45, 2.75) is 39.8 Å². The van der Waals surface area contributed by atoms with E-state index in [0.29, 0.717) is 25.9 Å². The van der Waals surface area contributed by atoms with Crippen molar-refractivity contribution in [3.05, 3.63) is 88.5 Å². The zero-order valence-corrected chi connectivity index (χ0v) is 15.7. The van der Waals surface area contributed by atoms with E-state index >= 15 is 0 Å². The fraction of sp³-hybridized carbons (Fsp3) is 0.273. The lowest BCUT2D eigenvalue weighted by Crippen LogP contribution is -2.23. The SMILES string of the molecule is Cc1nn(Cc2ccccc2)c(C)c1CNC(=O)CCc1ccc(F)cc1. The van der Waals surface area contributed by atoms with Crippen molar-refractivity contribution in [3.8, 4) is 0 Å². The van der Waals surface area contributed by atoms with Crippen molar-refractivity contribution in [2.24, 2.45) is 0 Å². The Balaban J connectivity index is 1.55. The molecule has 2 aromatic carbocycles. The summed E-state index contributed by atoms with van der Waals surface area (Å²) in [6.45, 7) is 5.18. The molecule has 0 spiro atoms. The maximum absolute atomic E-state index is 12.9. The van der Waals surface area contributed by atoms with Gasteiger partial charge >= 0.3 is 0 Å². The first kappa shape index (κ1) is 18.8. The van der Waals surface area contributed by atoms with Gasteiger partial charge in [-0.2, -0.15) is 5.10 Å². The van der Waals surface area contributed by atoms with Crippen LogP contribution < -0.4 is 5.32 Å². The molecular weight excluding hydrogens is 341 g/mol. The second-order valence-corrected chi connectivity index (χ2v) is 6.70. The number of hydrogen-bond acceptors (Lipinski definition) is 2. The molecule has 3 rings (SSSR count). The normalized spacial score (nSPS) is 10.8. The van der Waals surface area contributed by atoms with Gasteiger partial charge < -0.3 is 5.32 Å². The smallest absolute Gasteiger partial charge is 0.220 e. The van der Waals surface area contributed by atoms with Crippen LogP contribution in [-0.2, 0) is 24.3 Å². The van der Waals surface area contributed by atoms with Gasteiger partial charge in [0.15, 0.2) is 0 Å². The summed E-state index contributed by atoms with van der Waals surface area (Å²) in [5.41, 5.74) is 5.20. The summed E-state index contributed by atoms with van der Waals surface area (Å²) in [4.78, 5) is 12.2. The highest BCUT2D eigenvalue weighted by atomic mass is 19.1. The average molecular weight is 365 g/mol. The predicted octanol–water partition coefficient (Wildman–Crippen LogP) is 3.94. The van der Waals surface area contributed by atoms with Crippen LogP contribution in [0.4, 0.5) is 4.39 Å². The van der Waals surface area contributed by atoms with E-state index in [-0.39, 0.29) is 11.7 Å². The Hall–Kier alpha value is -2.95. The third kappa shape index (κ3) is 5.03. The summed E-state index contributed by atoms with van der Waals surface area (Å²) in [5.74, 6) is -0.282. The molecule has 0 bridgehead atoms. The number of nitrogens with zero attached hydrogens (tertiary/aromatic N) is 2. The lowest BCUT2D eigenvalue weighted by molar-refractivity contribution is -0.121. The highest BCUT2D eigenvalue weighted by Gasteiger charge is 2.13. The predicted molar refractivity (Wildman–Crippen MR) is 104 cm³/mol. The molecule has 5 heteroatoms. The summed E-state index contributed by atoms with van der Waals surface area (Å²) in [5, 5.41) is 7.59. The van der Waals surface area contributed by atoms with Gasteiger partial charge in [-0.25, -0.2) is 4.39 Å². The topological polar surface area (TPSA) is 46.9 Å². The van der Waals surface area contributed by atoms with Crippen LogP contribution in [0.5, 0.6) is 0 Å². The van der Waals surface area contributed by atoms with Gasteiger partial charge in [-0.05, 0) is 43.5 Å². The number of rotatable bonds is 7. The van der Waals surface area contributed by atoms with Crippen molar-refractivity contribution in [1.29, 1.82) is 0 Å². The minimum Gasteiger partial charge on any atom is -0.352 e. The van der Waals surface area contributed by atoms with E-state index in [1.807, 2.05) is 36.7 Å². The van der Waals surface area contributed by atoms with E-state index in [2.05, 4.69) is 22.5 Å². The lowest BCUT2D eigenvalue weighted by atomic mass is 10.1. The van der Waals surface area contributed by atoms with E-state index in [9.17, 15) is 9.18 Å². The van der Waals surface area contributed by atoms with Crippen LogP contribution in [-0.4, -0.2) is 15.7 Å². The minimum atomic E-state index is -0.262. The van der Waals surface area contributed by atoms with E-state index in [1.54, 1.807) is 12.1 Å². The second kappa shape index (κ2) is 8.62. The van der Waals surface area contributed by atoms with Crippen molar-refractivity contribution in [2.75, 3.05) is 0 Å². The van der Waals surface area contributed by atoms with Gasteiger partial charge in [-0.1, -0.05) is 42.5 Å². The zero-order chi connectivity index (χ0) is 19.2. The Morgan fingerprint density at radius 2 is 1.74 bits per heavy atom. The molecule has 1 heterocycles. The van der Waals surface area contributed by atoms with Crippen molar-refractivity contribution >= 4 is 5.91 Å². The van der Waals surface area contributed by atoms with E-state index in [4.69, 9.17) is 0 Å². The molecule has 1 amide bonds. The van der Waals surface area contributed by atoms with Gasteiger partial charge in [-0.3, -0.25) is 9.48 Å². The molecule has 3 aromatic rings. The molecule has 0 saturated carbocycles. The molecule has 0 atom stereocenters. The summed E-state index contributed by atoms with van der Waals surface area (Å²) in [6, 6.07) is 16.4. The standard InChI is InChI=1S/C22H24FN3O/c1-16-21(17(2)26(25-16)15-19-6-4-3-5-7-19)14-24-22(27)13-10-18-8-11-20(23)12-9-18/h3-9,11-12H,10,13-15H2,1-2H3,(H,24,27). The van der Waals surface area contributed by atoms with Crippen molar-refractivity contribution < 1.29 is 9.18 Å². The molecule has 0 aliphatic rings. The molecule has 0 saturated heterocycles. The number of carbonyl (C=O) groups excluding carboxylic acids is 1. The molecule has 4 nitrogen and oxygen atoms in total. The Morgan fingerprint density at radius 1 is 1.04 bits per heavy atom. The lowest BCUT2D eigenvalue weighted by Gasteiger charge is -2.08. The summed E-state index contributed by atoms with van der Waals surface area (Å²) >= 11 is 0. The highest BCUT2D eigenvalue weighted by Crippen LogP contribution is 2.15. The van der Waals surface area contributed by atoms with Crippen molar-refractivity contribution in [3.63, 3.8) is 0 Å². The van der Waals surface area contributed by atoms with Gasteiger partial charge in [0.25, 0.3) is 0 Å². The summed E-state index contributed by atoms with van der Waals surface area (Å²) in [7, 11) is 0. The van der Waals surface area contributed by atoms with Crippen LogP contribution in [0.3, 0.4) is 0 Å². The zero-order valence-electron chi connectivity index (χ0n) is 15.7. The number of amides is 1. The van der Waals surface area contributed by atoms with Gasteiger partial charge in [0, 0.05) is 24.2 Å². The van der Waals surface area contributed by atoms with Crippen LogP contribution in [0, 0.1) is 19.7 Å². The number of nitrogens with one attached hydrogen (secondary N) is 1. The number of aryl methyl sites for hydroxylation is 2. The first-order valence-corrected chi connectivity index (χ1v) is 9.11. The molecule has 0 aliphatic carbocycles. The number of benzene rings is 2. The highest BCUT2D eigenvalue weighted by molar-refractivity contribution is 5.76. The molecular formula is C22H24FN3O. The van der Waals surface area contributed by atoms with Crippen LogP contribution in [0.15, 0.2) is 54.6 Å². The number of carbonyl (C=O) groups is 1. The number of halogens is 1. The molecule has 0 unspecified atom stereocenters. The quantitative estimate of drug-likeness (QED) is 0.689. The third-order valence-electron chi connectivity index (χ3n) is 4.72. The fourth-order valence-corrected chi connectivity index (χ4v) is 3.08. The second-order valence-electron chi connectivity index (χ2n) is 6.70. The Labute approximate surface area is 159 Å². The van der Waals surface area contributed by atoms with Crippen molar-refractivity contribution in [1.82, 2.24) is 15.1 Å². The van der Waals surface area contributed by atoms with Gasteiger partial charge in [0.05, 0.1) is 12.2 Å². The first-order chi connectivity index (χ1) is 13.0. The van der Waals surface area contributed by atoms with E-state index in [0.717, 1.165) is 22.5 Å². The van der Waals surface area contributed by atoms with Gasteiger partial charge in [0.1, 0.15) is 5.82 Å². The summed E-state index contributed by atoms with van der Waals surface area (Å²) in [6.07, 6.45) is 0.971. The van der Waals surface area contributed by atoms with Crippen LogP contribution in [0.2, 0.25) is 0 Å². The van der Waals surface area contributed by atoms with E-state index in [1.165, 1.54) is 17.7 Å². The first-order valence-electron chi connectivity index (χ1n) is 9.11. The molecule has 1 aromatic heterocycles. The Bertz CT molecular complexity index is 901. The number of hydrogen-bond donors (Lipinski definition) is 1. The van der Waals surface area contributed by atoms with Gasteiger partial charge in [0.2, 0.25) is 5.91 Å². The van der Waals surface area contributed by atoms with Gasteiger partial charge in [-0.15, -0.1) is 0 Å². The third-order valence-corrected chi connectivity index (χ3v) is 4.72. The molecule has 0 fully saturated rings. The molecule has 27 heavy (non-hydrogen) atoms. The van der Waals surface area contributed by atoms with Crippen LogP contribution in [0.1, 0.15) is 34.5 Å². The maximum Gasteiger partial charge on any atom is 0.220 e. The monoisotopic (exact) mass is 365 g/mol. The fourth-order valence-electron chi connectivity index (χ4n) is 3.08. The Morgan fingerprint density at radius 3 is 2.44 bits per heavy atom. The summed E-state index contributed by atoms with van der Waals surface area (Å²) < 4.78 is 14.9. The molecule has 1 N–H and O–H groups in total. The largest absolute Gasteiger partial charge is 0.352 e. The molecule has 140 valence electrons. The average Bonchev–Trinajstić information content (AvgIpc) is 2.93. The van der Waals surface area contributed by atoms with Crippen LogP contribution in [0.25, 0.3) is 0 Å². The Kier molecular flexibility index (Phi) is 6.01. The molecule has 0 radical (unpaired) electrons. The minimum absolute atomic E-state index is 0.0195. The van der Waals surface area contributed by atoms with E-state index < -0.39 is 0 Å². The molecule has 0 aliphatic heterocycles. The number of aromatic nitrogens is 2. The van der Waals surface area contributed by atoms with Crippen LogP contribution >= 0.6 is 0 Å².